The molecule has 1 aromatic carbocycles. The van der Waals surface area contributed by atoms with E-state index in [2.05, 4.69) is 6.58 Å². The molecule has 3 nitrogen and oxygen atoms in total. The SMILES string of the molecule is C=C(CC[C@@H](O)c1ccc(F)cc1)NO. The summed E-state index contributed by atoms with van der Waals surface area (Å²) in [6, 6.07) is 5.68. The molecule has 0 aromatic heterocycles. The number of halogens is 1. The molecule has 0 aliphatic heterocycles. The van der Waals surface area contributed by atoms with Crippen LogP contribution in [0.15, 0.2) is 36.5 Å². The maximum Gasteiger partial charge on any atom is 0.123 e. The van der Waals surface area contributed by atoms with Crippen LogP contribution in [0, 0.1) is 5.82 Å². The Hall–Kier alpha value is -1.39. The molecule has 82 valence electrons. The van der Waals surface area contributed by atoms with Crippen LogP contribution in [0.4, 0.5) is 4.39 Å². The van der Waals surface area contributed by atoms with Crippen LogP contribution in [0.2, 0.25) is 0 Å². The highest BCUT2D eigenvalue weighted by Gasteiger charge is 2.07. The zero-order valence-corrected chi connectivity index (χ0v) is 8.28. The number of rotatable bonds is 5. The van der Waals surface area contributed by atoms with E-state index in [9.17, 15) is 9.50 Å². The quantitative estimate of drug-likeness (QED) is 0.654. The second kappa shape index (κ2) is 5.48. The summed E-state index contributed by atoms with van der Waals surface area (Å²) in [5.74, 6) is -0.326. The number of hydrogen-bond acceptors (Lipinski definition) is 3. The van der Waals surface area contributed by atoms with Gasteiger partial charge in [-0.25, -0.2) is 4.39 Å². The largest absolute Gasteiger partial charge is 0.388 e. The van der Waals surface area contributed by atoms with Gasteiger partial charge in [-0.2, -0.15) is 0 Å². The van der Waals surface area contributed by atoms with E-state index in [4.69, 9.17) is 5.21 Å². The number of hydrogen-bond donors (Lipinski definition) is 3. The van der Waals surface area contributed by atoms with Gasteiger partial charge >= 0.3 is 0 Å². The first-order valence-electron chi connectivity index (χ1n) is 4.65. The molecule has 0 bridgehead atoms. The molecule has 0 spiro atoms. The van der Waals surface area contributed by atoms with Crippen molar-refractivity contribution < 1.29 is 14.7 Å². The molecule has 0 fully saturated rings. The lowest BCUT2D eigenvalue weighted by Gasteiger charge is -2.11. The predicted molar refractivity (Wildman–Crippen MR) is 54.7 cm³/mol. The van der Waals surface area contributed by atoms with Gasteiger partial charge in [0.2, 0.25) is 0 Å². The van der Waals surface area contributed by atoms with Crippen LogP contribution >= 0.6 is 0 Å². The fraction of sp³-hybridized carbons (Fsp3) is 0.273. The van der Waals surface area contributed by atoms with Crippen molar-refractivity contribution in [2.24, 2.45) is 0 Å². The van der Waals surface area contributed by atoms with Gasteiger partial charge in [-0.3, -0.25) is 10.7 Å². The number of aliphatic hydroxyl groups is 1. The Morgan fingerprint density at radius 3 is 2.53 bits per heavy atom. The second-order valence-electron chi connectivity index (χ2n) is 3.32. The van der Waals surface area contributed by atoms with E-state index in [0.29, 0.717) is 24.1 Å². The van der Waals surface area contributed by atoms with Crippen molar-refractivity contribution in [2.75, 3.05) is 0 Å². The van der Waals surface area contributed by atoms with Gasteiger partial charge in [0.25, 0.3) is 0 Å². The van der Waals surface area contributed by atoms with Gasteiger partial charge in [0, 0.05) is 5.70 Å². The molecule has 1 rings (SSSR count). The van der Waals surface area contributed by atoms with Crippen molar-refractivity contribution in [3.63, 3.8) is 0 Å². The van der Waals surface area contributed by atoms with Crippen molar-refractivity contribution in [1.82, 2.24) is 5.48 Å². The van der Waals surface area contributed by atoms with E-state index in [1.807, 2.05) is 5.48 Å². The molecule has 1 atom stereocenters. The third kappa shape index (κ3) is 3.69. The smallest absolute Gasteiger partial charge is 0.123 e. The summed E-state index contributed by atoms with van der Waals surface area (Å²) >= 11 is 0. The molecule has 0 heterocycles. The zero-order valence-electron chi connectivity index (χ0n) is 8.28. The summed E-state index contributed by atoms with van der Waals surface area (Å²) in [5.41, 5.74) is 3.01. The molecule has 0 aliphatic carbocycles. The van der Waals surface area contributed by atoms with Crippen LogP contribution in [0.3, 0.4) is 0 Å². The average molecular weight is 211 g/mol. The molecule has 0 amide bonds. The molecule has 3 N–H and O–H groups in total. The van der Waals surface area contributed by atoms with Gasteiger partial charge in [-0.1, -0.05) is 18.7 Å². The molecule has 15 heavy (non-hydrogen) atoms. The van der Waals surface area contributed by atoms with Crippen molar-refractivity contribution in [3.05, 3.63) is 47.9 Å². The molecule has 1 aromatic rings. The summed E-state index contributed by atoms with van der Waals surface area (Å²) in [4.78, 5) is 0. The Kier molecular flexibility index (Phi) is 4.27. The summed E-state index contributed by atoms with van der Waals surface area (Å²) in [7, 11) is 0. The van der Waals surface area contributed by atoms with Crippen LogP contribution in [0.1, 0.15) is 24.5 Å². The maximum absolute atomic E-state index is 12.6. The van der Waals surface area contributed by atoms with Gasteiger partial charge in [0.15, 0.2) is 0 Å². The number of aliphatic hydroxyl groups excluding tert-OH is 1. The van der Waals surface area contributed by atoms with E-state index in [0.717, 1.165) is 0 Å². The average Bonchev–Trinajstić information content (AvgIpc) is 2.26. The molecule has 0 unspecified atom stereocenters. The van der Waals surface area contributed by atoms with Gasteiger partial charge in [0.1, 0.15) is 5.82 Å². The minimum atomic E-state index is -0.671. The number of nitrogens with one attached hydrogen (secondary N) is 1. The summed E-state index contributed by atoms with van der Waals surface area (Å²) in [6.07, 6.45) is 0.211. The van der Waals surface area contributed by atoms with E-state index in [1.165, 1.54) is 24.3 Å². The van der Waals surface area contributed by atoms with Gasteiger partial charge < -0.3 is 5.11 Å². The Balaban J connectivity index is 2.50. The van der Waals surface area contributed by atoms with E-state index < -0.39 is 6.10 Å². The van der Waals surface area contributed by atoms with Crippen LogP contribution in [-0.4, -0.2) is 10.3 Å². The topological polar surface area (TPSA) is 52.5 Å². The Morgan fingerprint density at radius 2 is 2.00 bits per heavy atom. The number of allylic oxidation sites excluding steroid dienone is 1. The molecule has 0 saturated carbocycles. The van der Waals surface area contributed by atoms with Crippen LogP contribution in [-0.2, 0) is 0 Å². The lowest BCUT2D eigenvalue weighted by molar-refractivity contribution is 0.156. The highest BCUT2D eigenvalue weighted by atomic mass is 19.1. The zero-order chi connectivity index (χ0) is 11.3. The first-order chi connectivity index (χ1) is 7.13. The summed E-state index contributed by atoms with van der Waals surface area (Å²) in [5, 5.41) is 18.2. The summed E-state index contributed by atoms with van der Waals surface area (Å²) < 4.78 is 12.6. The third-order valence-electron chi connectivity index (χ3n) is 2.13. The van der Waals surface area contributed by atoms with E-state index in [1.54, 1.807) is 0 Å². The lowest BCUT2D eigenvalue weighted by atomic mass is 10.0. The molecule has 4 heteroatoms. The van der Waals surface area contributed by atoms with E-state index >= 15 is 0 Å². The first kappa shape index (κ1) is 11.7. The normalized spacial score (nSPS) is 12.2. The fourth-order valence-electron chi connectivity index (χ4n) is 1.22. The Bertz CT molecular complexity index is 324. The highest BCUT2D eigenvalue weighted by Crippen LogP contribution is 2.19. The number of hydroxylamine groups is 1. The highest BCUT2D eigenvalue weighted by molar-refractivity contribution is 5.18. The first-order valence-corrected chi connectivity index (χ1v) is 4.65. The monoisotopic (exact) mass is 211 g/mol. The van der Waals surface area contributed by atoms with Gasteiger partial charge in [-0.05, 0) is 30.5 Å². The predicted octanol–water partition coefficient (Wildman–Crippen LogP) is 2.13. The fourth-order valence-corrected chi connectivity index (χ4v) is 1.22. The second-order valence-corrected chi connectivity index (χ2v) is 3.32. The molecular weight excluding hydrogens is 197 g/mol. The minimum absolute atomic E-state index is 0.326. The van der Waals surface area contributed by atoms with Gasteiger partial charge in [0.05, 0.1) is 6.10 Å². The molecule has 0 saturated heterocycles. The van der Waals surface area contributed by atoms with Crippen molar-refractivity contribution >= 4 is 0 Å². The van der Waals surface area contributed by atoms with Crippen molar-refractivity contribution in [2.45, 2.75) is 18.9 Å². The van der Waals surface area contributed by atoms with Crippen LogP contribution in [0.25, 0.3) is 0 Å². The standard InChI is InChI=1S/C11H14FNO2/c1-8(13-15)2-7-11(14)9-3-5-10(12)6-4-9/h3-6,11,13-15H,1-2,7H2/t11-/m1/s1. The molecule has 0 radical (unpaired) electrons. The number of benzene rings is 1. The van der Waals surface area contributed by atoms with Crippen molar-refractivity contribution in [3.8, 4) is 0 Å². The third-order valence-corrected chi connectivity index (χ3v) is 2.13. The Labute approximate surface area is 87.8 Å². The summed E-state index contributed by atoms with van der Waals surface area (Å²) in [6.45, 7) is 3.52. The van der Waals surface area contributed by atoms with E-state index in [-0.39, 0.29) is 5.82 Å². The van der Waals surface area contributed by atoms with Gasteiger partial charge in [-0.15, -0.1) is 0 Å². The Morgan fingerprint density at radius 1 is 1.40 bits per heavy atom. The lowest BCUT2D eigenvalue weighted by Crippen LogP contribution is -2.07. The van der Waals surface area contributed by atoms with Crippen molar-refractivity contribution in [1.29, 1.82) is 0 Å². The van der Waals surface area contributed by atoms with Crippen LogP contribution < -0.4 is 5.48 Å². The minimum Gasteiger partial charge on any atom is -0.388 e. The molecule has 0 aliphatic rings. The van der Waals surface area contributed by atoms with Crippen LogP contribution in [0.5, 0.6) is 0 Å². The maximum atomic E-state index is 12.6. The molecular formula is C11H14FNO2.